The zero-order chi connectivity index (χ0) is 11.8. The largest absolute Gasteiger partial charge is 0.364 e. The highest BCUT2D eigenvalue weighted by Gasteiger charge is 2.01. The van der Waals surface area contributed by atoms with Gasteiger partial charge in [0.25, 0.3) is 0 Å². The minimum atomic E-state index is 0.643. The smallest absolute Gasteiger partial charge is 0.128 e. The topological polar surface area (TPSA) is 41.3 Å². The molecule has 92 valence electrons. The molecule has 0 saturated carbocycles. The van der Waals surface area contributed by atoms with Crippen LogP contribution in [0.1, 0.15) is 32.3 Å². The third-order valence-electron chi connectivity index (χ3n) is 2.81. The summed E-state index contributed by atoms with van der Waals surface area (Å²) in [5, 5.41) is 7.03. The van der Waals surface area contributed by atoms with Crippen LogP contribution in [0.2, 0.25) is 0 Å². The van der Waals surface area contributed by atoms with Gasteiger partial charge < -0.3 is 14.7 Å². The molecule has 1 N–H and O–H groups in total. The first-order valence-corrected chi connectivity index (χ1v) is 5.99. The van der Waals surface area contributed by atoms with E-state index in [1.54, 1.807) is 12.5 Å². The van der Waals surface area contributed by atoms with Crippen LogP contribution in [0.4, 0.5) is 0 Å². The molecule has 0 bridgehead atoms. The number of hydrogen-bond donors (Lipinski definition) is 1. The van der Waals surface area contributed by atoms with Crippen molar-refractivity contribution >= 4 is 0 Å². The lowest BCUT2D eigenvalue weighted by Gasteiger charge is -2.20. The van der Waals surface area contributed by atoms with E-state index in [1.807, 2.05) is 0 Å². The molecular formula is C12H23N3O. The van der Waals surface area contributed by atoms with Gasteiger partial charge in [-0.2, -0.15) is 0 Å². The third-order valence-corrected chi connectivity index (χ3v) is 2.81. The van der Waals surface area contributed by atoms with Crippen LogP contribution in [0.5, 0.6) is 0 Å². The Balaban J connectivity index is 1.92. The summed E-state index contributed by atoms with van der Waals surface area (Å²) in [6.45, 7) is 7.53. The number of unbranched alkanes of at least 4 members (excludes halogenated alkanes) is 1. The first-order chi connectivity index (χ1) is 7.70. The average molecular weight is 225 g/mol. The maximum atomic E-state index is 4.75. The third kappa shape index (κ3) is 5.28. The first-order valence-electron chi connectivity index (χ1n) is 5.99. The quantitative estimate of drug-likeness (QED) is 0.686. The van der Waals surface area contributed by atoms with E-state index < -0.39 is 0 Å². The molecule has 0 atom stereocenters. The summed E-state index contributed by atoms with van der Waals surface area (Å²) in [7, 11) is 2.18. The lowest BCUT2D eigenvalue weighted by Crippen LogP contribution is -2.27. The zero-order valence-corrected chi connectivity index (χ0v) is 10.6. The standard InChI is InChI=1S/C12H23N3O/c1-11(2)15(3)7-5-4-6-13-8-12-9-14-16-10-12/h9-11,13H,4-8H2,1-3H3. The fourth-order valence-electron chi connectivity index (χ4n) is 1.42. The van der Waals surface area contributed by atoms with Gasteiger partial charge in [0.05, 0.1) is 6.20 Å². The Morgan fingerprint density at radius 3 is 2.88 bits per heavy atom. The summed E-state index contributed by atoms with van der Waals surface area (Å²) in [5.74, 6) is 0. The monoisotopic (exact) mass is 225 g/mol. The zero-order valence-electron chi connectivity index (χ0n) is 10.6. The molecular weight excluding hydrogens is 202 g/mol. The van der Waals surface area contributed by atoms with Gasteiger partial charge in [-0.15, -0.1) is 0 Å². The minimum absolute atomic E-state index is 0.643. The average Bonchev–Trinajstić information content (AvgIpc) is 2.75. The summed E-state index contributed by atoms with van der Waals surface area (Å²) in [4.78, 5) is 2.37. The second-order valence-electron chi connectivity index (χ2n) is 4.49. The van der Waals surface area contributed by atoms with Gasteiger partial charge in [0.15, 0.2) is 0 Å². The molecule has 16 heavy (non-hydrogen) atoms. The van der Waals surface area contributed by atoms with Crippen molar-refractivity contribution in [2.45, 2.75) is 39.3 Å². The molecule has 1 aromatic heterocycles. The molecule has 0 aliphatic rings. The van der Waals surface area contributed by atoms with Crippen molar-refractivity contribution in [1.82, 2.24) is 15.4 Å². The van der Waals surface area contributed by atoms with Gasteiger partial charge in [-0.05, 0) is 46.8 Å². The predicted octanol–water partition coefficient (Wildman–Crippen LogP) is 1.88. The van der Waals surface area contributed by atoms with Crippen LogP contribution in [0, 0.1) is 0 Å². The van der Waals surface area contributed by atoms with E-state index in [1.165, 1.54) is 19.4 Å². The first kappa shape index (κ1) is 13.2. The summed E-state index contributed by atoms with van der Waals surface area (Å²) >= 11 is 0. The molecule has 4 nitrogen and oxygen atoms in total. The van der Waals surface area contributed by atoms with Gasteiger partial charge in [-0.3, -0.25) is 0 Å². The molecule has 1 heterocycles. The second-order valence-corrected chi connectivity index (χ2v) is 4.49. The van der Waals surface area contributed by atoms with Crippen molar-refractivity contribution in [1.29, 1.82) is 0 Å². The number of rotatable bonds is 8. The fourth-order valence-corrected chi connectivity index (χ4v) is 1.42. The number of nitrogens with one attached hydrogen (secondary N) is 1. The van der Waals surface area contributed by atoms with Gasteiger partial charge >= 0.3 is 0 Å². The second kappa shape index (κ2) is 7.41. The van der Waals surface area contributed by atoms with Crippen molar-refractivity contribution in [3.8, 4) is 0 Å². The molecule has 0 aliphatic carbocycles. The Morgan fingerprint density at radius 2 is 2.25 bits per heavy atom. The van der Waals surface area contributed by atoms with Crippen molar-refractivity contribution in [2.75, 3.05) is 20.1 Å². The lowest BCUT2D eigenvalue weighted by molar-refractivity contribution is 0.268. The molecule has 0 aromatic carbocycles. The van der Waals surface area contributed by atoms with E-state index in [0.29, 0.717) is 6.04 Å². The molecule has 0 radical (unpaired) electrons. The lowest BCUT2D eigenvalue weighted by atomic mass is 10.2. The normalized spacial score (nSPS) is 11.6. The molecule has 0 fully saturated rings. The molecule has 0 spiro atoms. The Hall–Kier alpha value is -0.870. The molecule has 0 unspecified atom stereocenters. The van der Waals surface area contributed by atoms with E-state index in [2.05, 4.69) is 36.3 Å². The van der Waals surface area contributed by atoms with Gasteiger partial charge in [-0.1, -0.05) is 5.16 Å². The highest BCUT2D eigenvalue weighted by molar-refractivity contribution is 4.98. The molecule has 1 rings (SSSR count). The van der Waals surface area contributed by atoms with E-state index in [-0.39, 0.29) is 0 Å². The van der Waals surface area contributed by atoms with Crippen molar-refractivity contribution in [2.24, 2.45) is 0 Å². The molecule has 4 heteroatoms. The van der Waals surface area contributed by atoms with Crippen LogP contribution in [-0.4, -0.2) is 36.2 Å². The Kier molecular flexibility index (Phi) is 6.11. The maximum absolute atomic E-state index is 4.75. The SMILES string of the molecule is CC(C)N(C)CCCCNCc1cnoc1. The van der Waals surface area contributed by atoms with Crippen LogP contribution < -0.4 is 5.32 Å². The number of hydrogen-bond acceptors (Lipinski definition) is 4. The highest BCUT2D eigenvalue weighted by atomic mass is 16.5. The van der Waals surface area contributed by atoms with Crippen LogP contribution in [0.3, 0.4) is 0 Å². The van der Waals surface area contributed by atoms with Crippen LogP contribution >= 0.6 is 0 Å². The van der Waals surface area contributed by atoms with E-state index in [9.17, 15) is 0 Å². The Bertz CT molecular complexity index is 259. The van der Waals surface area contributed by atoms with E-state index in [4.69, 9.17) is 4.52 Å². The van der Waals surface area contributed by atoms with Gasteiger partial charge in [0.1, 0.15) is 6.26 Å². The van der Waals surface area contributed by atoms with Crippen LogP contribution in [-0.2, 0) is 6.54 Å². The van der Waals surface area contributed by atoms with Crippen molar-refractivity contribution < 1.29 is 4.52 Å². The predicted molar refractivity (Wildman–Crippen MR) is 65.2 cm³/mol. The highest BCUT2D eigenvalue weighted by Crippen LogP contribution is 1.98. The van der Waals surface area contributed by atoms with Crippen molar-refractivity contribution in [3.63, 3.8) is 0 Å². The Labute approximate surface area is 98.0 Å². The van der Waals surface area contributed by atoms with Gasteiger partial charge in [0.2, 0.25) is 0 Å². The molecule has 0 amide bonds. The minimum Gasteiger partial charge on any atom is -0.364 e. The van der Waals surface area contributed by atoms with Crippen LogP contribution in [0.15, 0.2) is 17.0 Å². The van der Waals surface area contributed by atoms with Crippen LogP contribution in [0.25, 0.3) is 0 Å². The van der Waals surface area contributed by atoms with Gasteiger partial charge in [-0.25, -0.2) is 0 Å². The summed E-state index contributed by atoms with van der Waals surface area (Å²) in [6, 6.07) is 0.643. The van der Waals surface area contributed by atoms with E-state index >= 15 is 0 Å². The maximum Gasteiger partial charge on any atom is 0.128 e. The summed E-state index contributed by atoms with van der Waals surface area (Å²) in [6.07, 6.45) is 5.88. The number of aromatic nitrogens is 1. The van der Waals surface area contributed by atoms with E-state index in [0.717, 1.165) is 18.7 Å². The van der Waals surface area contributed by atoms with Gasteiger partial charge in [0, 0.05) is 18.2 Å². The molecule has 0 aliphatic heterocycles. The van der Waals surface area contributed by atoms with Crippen molar-refractivity contribution in [3.05, 3.63) is 18.0 Å². The molecule has 0 saturated heterocycles. The fraction of sp³-hybridized carbons (Fsp3) is 0.750. The number of nitrogens with zero attached hydrogens (tertiary/aromatic N) is 2. The summed E-state index contributed by atoms with van der Waals surface area (Å²) in [5.41, 5.74) is 1.11. The summed E-state index contributed by atoms with van der Waals surface area (Å²) < 4.78 is 4.75. The molecule has 1 aromatic rings. The Morgan fingerprint density at radius 1 is 1.44 bits per heavy atom.